The van der Waals surface area contributed by atoms with Crippen LogP contribution in [-0.2, 0) is 11.3 Å². The summed E-state index contributed by atoms with van der Waals surface area (Å²) in [5.41, 5.74) is 0. The number of rotatable bonds is 6. The van der Waals surface area contributed by atoms with Crippen LogP contribution in [0, 0.1) is 5.92 Å². The van der Waals surface area contributed by atoms with Crippen molar-refractivity contribution in [2.75, 3.05) is 19.7 Å². The minimum Gasteiger partial charge on any atom is -0.494 e. The lowest BCUT2D eigenvalue weighted by Gasteiger charge is -2.31. The average molecular weight is 415 g/mol. The normalized spacial score (nSPS) is 15.1. The van der Waals surface area contributed by atoms with Gasteiger partial charge in [-0.1, -0.05) is 23.2 Å². The summed E-state index contributed by atoms with van der Waals surface area (Å²) in [6, 6.07) is 5.27. The quantitative estimate of drug-likeness (QED) is 0.645. The number of hydrogen-bond donors (Lipinski definition) is 0. The van der Waals surface area contributed by atoms with Crippen molar-refractivity contribution in [3.63, 3.8) is 0 Å². The number of piperidine rings is 1. The van der Waals surface area contributed by atoms with Crippen molar-refractivity contribution in [3.05, 3.63) is 44.8 Å². The molecule has 1 amide bonds. The van der Waals surface area contributed by atoms with Crippen LogP contribution in [0.1, 0.15) is 24.3 Å². The molecule has 0 bridgehead atoms. The van der Waals surface area contributed by atoms with Crippen molar-refractivity contribution in [2.24, 2.45) is 5.92 Å². The van der Waals surface area contributed by atoms with Gasteiger partial charge in [0.1, 0.15) is 17.4 Å². The standard InChI is InChI=1S/C18H20Cl2N2O3S/c19-15-2-1-14(11-16(15)20)24-9-5-13-3-7-22(8-4-13)18(23)25-12-17-21-6-10-26-17/h1-2,6,10-11,13H,3-5,7-9,12H2. The van der Waals surface area contributed by atoms with Gasteiger partial charge < -0.3 is 14.4 Å². The molecular formula is C18H20Cl2N2O3S. The summed E-state index contributed by atoms with van der Waals surface area (Å²) in [4.78, 5) is 18.0. The summed E-state index contributed by atoms with van der Waals surface area (Å²) in [7, 11) is 0. The van der Waals surface area contributed by atoms with Gasteiger partial charge in [0.2, 0.25) is 0 Å². The highest BCUT2D eigenvalue weighted by molar-refractivity contribution is 7.09. The van der Waals surface area contributed by atoms with Crippen molar-refractivity contribution >= 4 is 40.6 Å². The van der Waals surface area contributed by atoms with Crippen LogP contribution in [0.5, 0.6) is 5.75 Å². The molecule has 26 heavy (non-hydrogen) atoms. The number of ether oxygens (including phenoxy) is 2. The Hall–Kier alpha value is -1.50. The zero-order valence-corrected chi connectivity index (χ0v) is 16.5. The lowest BCUT2D eigenvalue weighted by atomic mass is 9.94. The second-order valence-corrected chi connectivity index (χ2v) is 7.92. The first kappa shape index (κ1) is 19.3. The van der Waals surface area contributed by atoms with E-state index in [1.165, 1.54) is 11.3 Å². The minimum atomic E-state index is -0.259. The number of halogens is 2. The highest BCUT2D eigenvalue weighted by atomic mass is 35.5. The molecule has 1 aromatic heterocycles. The number of carbonyl (C=O) groups excluding carboxylic acids is 1. The molecule has 0 unspecified atom stereocenters. The molecular weight excluding hydrogens is 395 g/mol. The van der Waals surface area contributed by atoms with E-state index < -0.39 is 0 Å². The van der Waals surface area contributed by atoms with Crippen molar-refractivity contribution in [3.8, 4) is 5.75 Å². The third-order valence-electron chi connectivity index (χ3n) is 4.36. The van der Waals surface area contributed by atoms with Crippen LogP contribution >= 0.6 is 34.5 Å². The molecule has 1 saturated heterocycles. The molecule has 0 N–H and O–H groups in total. The summed E-state index contributed by atoms with van der Waals surface area (Å²) < 4.78 is 11.1. The first-order chi connectivity index (χ1) is 12.6. The minimum absolute atomic E-state index is 0.244. The van der Waals surface area contributed by atoms with E-state index in [1.807, 2.05) is 11.4 Å². The molecule has 3 rings (SSSR count). The Labute approximate surface area is 166 Å². The van der Waals surface area contributed by atoms with Gasteiger partial charge in [-0.25, -0.2) is 9.78 Å². The lowest BCUT2D eigenvalue weighted by molar-refractivity contribution is 0.0799. The molecule has 1 aliphatic rings. The first-order valence-corrected chi connectivity index (χ1v) is 10.1. The van der Waals surface area contributed by atoms with E-state index in [2.05, 4.69) is 4.98 Å². The van der Waals surface area contributed by atoms with E-state index in [-0.39, 0.29) is 12.7 Å². The molecule has 0 saturated carbocycles. The molecule has 1 aliphatic heterocycles. The zero-order chi connectivity index (χ0) is 18.4. The first-order valence-electron chi connectivity index (χ1n) is 8.50. The Morgan fingerprint density at radius 2 is 2.08 bits per heavy atom. The summed E-state index contributed by atoms with van der Waals surface area (Å²) in [5, 5.41) is 3.70. The second-order valence-electron chi connectivity index (χ2n) is 6.12. The fourth-order valence-corrected chi connectivity index (χ4v) is 3.67. The molecule has 1 fully saturated rings. The third-order valence-corrected chi connectivity index (χ3v) is 5.85. The Morgan fingerprint density at radius 1 is 1.27 bits per heavy atom. The van der Waals surface area contributed by atoms with E-state index in [1.54, 1.807) is 23.2 Å². The molecule has 0 atom stereocenters. The highest BCUT2D eigenvalue weighted by Gasteiger charge is 2.23. The number of carbonyl (C=O) groups is 1. The van der Waals surface area contributed by atoms with Crippen LogP contribution < -0.4 is 4.74 Å². The van der Waals surface area contributed by atoms with Crippen molar-refractivity contribution in [1.82, 2.24) is 9.88 Å². The Balaban J connectivity index is 1.34. The van der Waals surface area contributed by atoms with E-state index in [0.717, 1.165) is 30.0 Å². The largest absolute Gasteiger partial charge is 0.494 e. The monoisotopic (exact) mass is 414 g/mol. The van der Waals surface area contributed by atoms with E-state index >= 15 is 0 Å². The number of nitrogens with zero attached hydrogens (tertiary/aromatic N) is 2. The van der Waals surface area contributed by atoms with Crippen LogP contribution in [0.15, 0.2) is 29.8 Å². The predicted octanol–water partition coefficient (Wildman–Crippen LogP) is 5.27. The molecule has 1 aromatic carbocycles. The summed E-state index contributed by atoms with van der Waals surface area (Å²) in [5.74, 6) is 1.27. The second kappa shape index (κ2) is 9.44. The van der Waals surface area contributed by atoms with Crippen LogP contribution in [0.4, 0.5) is 4.79 Å². The topological polar surface area (TPSA) is 51.7 Å². The molecule has 2 heterocycles. The van der Waals surface area contributed by atoms with Gasteiger partial charge in [0.15, 0.2) is 0 Å². The Kier molecular flexibility index (Phi) is 7.00. The van der Waals surface area contributed by atoms with Crippen molar-refractivity contribution < 1.29 is 14.3 Å². The number of benzene rings is 1. The molecule has 0 radical (unpaired) electrons. The maximum absolute atomic E-state index is 12.1. The van der Waals surface area contributed by atoms with Crippen LogP contribution in [0.25, 0.3) is 0 Å². The number of aromatic nitrogens is 1. The number of thiazole rings is 1. The fourth-order valence-electron chi connectivity index (χ4n) is 2.85. The zero-order valence-electron chi connectivity index (χ0n) is 14.2. The highest BCUT2D eigenvalue weighted by Crippen LogP contribution is 2.27. The van der Waals surface area contributed by atoms with Gasteiger partial charge in [0.05, 0.1) is 16.7 Å². The summed E-state index contributed by atoms with van der Waals surface area (Å²) in [6.07, 6.45) is 4.31. The van der Waals surface area contributed by atoms with Gasteiger partial charge in [0.25, 0.3) is 0 Å². The van der Waals surface area contributed by atoms with Gasteiger partial charge in [0, 0.05) is 30.7 Å². The van der Waals surface area contributed by atoms with Gasteiger partial charge in [-0.15, -0.1) is 11.3 Å². The number of hydrogen-bond acceptors (Lipinski definition) is 5. The van der Waals surface area contributed by atoms with Gasteiger partial charge in [-0.3, -0.25) is 0 Å². The average Bonchev–Trinajstić information content (AvgIpc) is 3.17. The Morgan fingerprint density at radius 3 is 2.77 bits per heavy atom. The molecule has 2 aromatic rings. The third kappa shape index (κ3) is 5.50. The summed E-state index contributed by atoms with van der Waals surface area (Å²) >= 11 is 13.4. The van der Waals surface area contributed by atoms with Crippen molar-refractivity contribution in [2.45, 2.75) is 25.9 Å². The predicted molar refractivity (Wildman–Crippen MR) is 103 cm³/mol. The number of amides is 1. The smallest absolute Gasteiger partial charge is 0.410 e. The van der Waals surface area contributed by atoms with Gasteiger partial charge in [-0.05, 0) is 37.3 Å². The van der Waals surface area contributed by atoms with Crippen LogP contribution in [-0.4, -0.2) is 35.7 Å². The van der Waals surface area contributed by atoms with Gasteiger partial charge in [-0.2, -0.15) is 0 Å². The van der Waals surface area contributed by atoms with Crippen LogP contribution in [0.3, 0.4) is 0 Å². The molecule has 0 spiro atoms. The molecule has 8 heteroatoms. The summed E-state index contributed by atoms with van der Waals surface area (Å²) in [6.45, 7) is 2.30. The maximum atomic E-state index is 12.1. The Bertz CT molecular complexity index is 719. The molecule has 5 nitrogen and oxygen atoms in total. The van der Waals surface area contributed by atoms with E-state index in [9.17, 15) is 4.79 Å². The fraction of sp³-hybridized carbons (Fsp3) is 0.444. The maximum Gasteiger partial charge on any atom is 0.410 e. The van der Waals surface area contributed by atoms with E-state index in [4.69, 9.17) is 32.7 Å². The number of likely N-dealkylation sites (tertiary alicyclic amines) is 1. The molecule has 140 valence electrons. The molecule has 0 aliphatic carbocycles. The van der Waals surface area contributed by atoms with Crippen molar-refractivity contribution in [1.29, 1.82) is 0 Å². The SMILES string of the molecule is O=C(OCc1nccs1)N1CCC(CCOc2ccc(Cl)c(Cl)c2)CC1. The van der Waals surface area contributed by atoms with E-state index in [0.29, 0.717) is 35.7 Å². The van der Waals surface area contributed by atoms with Crippen LogP contribution in [0.2, 0.25) is 10.0 Å². The lowest BCUT2D eigenvalue weighted by Crippen LogP contribution is -2.39. The van der Waals surface area contributed by atoms with Gasteiger partial charge >= 0.3 is 6.09 Å².